The van der Waals surface area contributed by atoms with Crippen molar-refractivity contribution >= 4 is 55.7 Å². The number of benzene rings is 2. The van der Waals surface area contributed by atoms with Crippen molar-refractivity contribution < 1.29 is 4.79 Å². The second-order valence-electron chi connectivity index (χ2n) is 8.39. The molecule has 4 aromatic rings. The minimum Gasteiger partial charge on any atom is -0.343 e. The van der Waals surface area contributed by atoms with Crippen molar-refractivity contribution in [3.05, 3.63) is 58.6 Å². The topological polar surface area (TPSA) is 63.9 Å². The Labute approximate surface area is 205 Å². The number of hydrogen-bond donors (Lipinski definition) is 0. The summed E-state index contributed by atoms with van der Waals surface area (Å²) >= 11 is 5.13. The first-order valence-electron chi connectivity index (χ1n) is 11.5. The second-order valence-corrected chi connectivity index (χ2v) is 10.4. The molecule has 5 rings (SSSR count). The molecule has 6 nitrogen and oxygen atoms in total. The molecule has 0 atom stereocenters. The van der Waals surface area contributed by atoms with Gasteiger partial charge in [0.1, 0.15) is 5.52 Å². The Morgan fingerprint density at radius 2 is 1.79 bits per heavy atom. The van der Waals surface area contributed by atoms with Crippen molar-refractivity contribution in [3.8, 4) is 0 Å². The molecular formula is C25H26BrN5OS. The Morgan fingerprint density at radius 1 is 1.00 bits per heavy atom. The van der Waals surface area contributed by atoms with Crippen molar-refractivity contribution in [1.82, 2.24) is 24.6 Å². The van der Waals surface area contributed by atoms with E-state index >= 15 is 0 Å². The van der Waals surface area contributed by atoms with Crippen LogP contribution in [0.15, 0.2) is 58.2 Å². The van der Waals surface area contributed by atoms with Crippen LogP contribution >= 0.6 is 27.7 Å². The number of nitrogens with zero attached hydrogens (tertiary/aromatic N) is 5. The standard InChI is InChI=1S/C25H26BrN5OS/c26-19-12-10-18(11-13-19)17-31-21-8-2-1-7-20(21)23-24(31)27-25(29-28-23)33-16-6-3-9-22(32)30-14-4-5-15-30/h1-2,7-8,10-13H,3-6,9,14-17H2. The predicted octanol–water partition coefficient (Wildman–Crippen LogP) is 5.68. The van der Waals surface area contributed by atoms with Crippen molar-refractivity contribution in [2.45, 2.75) is 43.8 Å². The number of amides is 1. The number of fused-ring (bicyclic) bond motifs is 3. The fourth-order valence-corrected chi connectivity index (χ4v) is 5.39. The van der Waals surface area contributed by atoms with Gasteiger partial charge in [-0.05, 0) is 49.4 Å². The largest absolute Gasteiger partial charge is 0.343 e. The number of para-hydroxylation sites is 1. The number of unbranched alkanes of at least 4 members (excludes halogenated alkanes) is 1. The molecule has 3 heterocycles. The third kappa shape index (κ3) is 5.06. The van der Waals surface area contributed by atoms with Gasteiger partial charge in [0.2, 0.25) is 11.1 Å². The first kappa shape index (κ1) is 22.3. The molecular weight excluding hydrogens is 498 g/mol. The Hall–Kier alpha value is -2.45. The highest BCUT2D eigenvalue weighted by Crippen LogP contribution is 2.28. The summed E-state index contributed by atoms with van der Waals surface area (Å²) in [5.41, 5.74) is 4.01. The summed E-state index contributed by atoms with van der Waals surface area (Å²) in [6.07, 6.45) is 4.80. The highest BCUT2D eigenvalue weighted by Gasteiger charge is 2.17. The summed E-state index contributed by atoms with van der Waals surface area (Å²) in [4.78, 5) is 19.1. The molecule has 33 heavy (non-hydrogen) atoms. The molecule has 0 spiro atoms. The minimum absolute atomic E-state index is 0.300. The van der Waals surface area contributed by atoms with Gasteiger partial charge < -0.3 is 9.47 Å². The Morgan fingerprint density at radius 3 is 2.61 bits per heavy atom. The van der Waals surface area contributed by atoms with Gasteiger partial charge in [0, 0.05) is 41.7 Å². The zero-order chi connectivity index (χ0) is 22.6. The number of likely N-dealkylation sites (tertiary alicyclic amines) is 1. The Balaban J connectivity index is 1.29. The van der Waals surface area contributed by atoms with Crippen LogP contribution in [0.1, 0.15) is 37.7 Å². The maximum absolute atomic E-state index is 12.2. The van der Waals surface area contributed by atoms with Gasteiger partial charge in [0.15, 0.2) is 5.65 Å². The van der Waals surface area contributed by atoms with Crippen LogP contribution in [0.2, 0.25) is 0 Å². The van der Waals surface area contributed by atoms with E-state index < -0.39 is 0 Å². The third-order valence-electron chi connectivity index (χ3n) is 6.08. The third-order valence-corrected chi connectivity index (χ3v) is 7.54. The minimum atomic E-state index is 0.300. The molecule has 2 aromatic heterocycles. The van der Waals surface area contributed by atoms with Crippen molar-refractivity contribution in [1.29, 1.82) is 0 Å². The van der Waals surface area contributed by atoms with E-state index in [0.717, 1.165) is 77.6 Å². The molecule has 1 amide bonds. The zero-order valence-corrected chi connectivity index (χ0v) is 20.8. The zero-order valence-electron chi connectivity index (χ0n) is 18.4. The molecule has 1 aliphatic rings. The highest BCUT2D eigenvalue weighted by atomic mass is 79.9. The van der Waals surface area contributed by atoms with E-state index in [1.54, 1.807) is 11.8 Å². The van der Waals surface area contributed by atoms with Gasteiger partial charge in [-0.1, -0.05) is 58.0 Å². The second kappa shape index (κ2) is 10.2. The van der Waals surface area contributed by atoms with E-state index in [2.05, 4.69) is 67.1 Å². The molecule has 1 saturated heterocycles. The molecule has 0 aliphatic carbocycles. The summed E-state index contributed by atoms with van der Waals surface area (Å²) < 4.78 is 3.29. The van der Waals surface area contributed by atoms with E-state index in [4.69, 9.17) is 4.98 Å². The molecule has 170 valence electrons. The fourth-order valence-electron chi connectivity index (χ4n) is 4.35. The maximum Gasteiger partial charge on any atom is 0.222 e. The van der Waals surface area contributed by atoms with Crippen molar-refractivity contribution in [2.75, 3.05) is 18.8 Å². The van der Waals surface area contributed by atoms with Crippen LogP contribution in [-0.4, -0.2) is 49.4 Å². The molecule has 8 heteroatoms. The molecule has 1 fully saturated rings. The summed E-state index contributed by atoms with van der Waals surface area (Å²) in [5, 5.41) is 10.7. The van der Waals surface area contributed by atoms with Gasteiger partial charge in [-0.25, -0.2) is 4.98 Å². The summed E-state index contributed by atoms with van der Waals surface area (Å²) in [6, 6.07) is 16.6. The van der Waals surface area contributed by atoms with E-state index in [1.165, 1.54) is 5.56 Å². The molecule has 0 radical (unpaired) electrons. The van der Waals surface area contributed by atoms with Gasteiger partial charge in [-0.2, -0.15) is 0 Å². The van der Waals surface area contributed by atoms with E-state index in [-0.39, 0.29) is 0 Å². The summed E-state index contributed by atoms with van der Waals surface area (Å²) in [5.74, 6) is 1.18. The summed E-state index contributed by atoms with van der Waals surface area (Å²) in [7, 11) is 0. The number of hydrogen-bond acceptors (Lipinski definition) is 5. The fraction of sp³-hybridized carbons (Fsp3) is 0.360. The van der Waals surface area contributed by atoms with Crippen LogP contribution in [0.4, 0.5) is 0 Å². The van der Waals surface area contributed by atoms with Gasteiger partial charge in [0.25, 0.3) is 0 Å². The lowest BCUT2D eigenvalue weighted by Gasteiger charge is -2.14. The van der Waals surface area contributed by atoms with Gasteiger partial charge in [-0.15, -0.1) is 10.2 Å². The number of carbonyl (C=O) groups is 1. The average molecular weight is 524 g/mol. The number of rotatable bonds is 8. The van der Waals surface area contributed by atoms with Crippen LogP contribution in [0.3, 0.4) is 0 Å². The van der Waals surface area contributed by atoms with Gasteiger partial charge in [-0.3, -0.25) is 4.79 Å². The molecule has 2 aromatic carbocycles. The molecule has 0 saturated carbocycles. The first-order valence-corrected chi connectivity index (χ1v) is 13.2. The quantitative estimate of drug-likeness (QED) is 0.219. The molecule has 0 N–H and O–H groups in total. The van der Waals surface area contributed by atoms with Crippen molar-refractivity contribution in [3.63, 3.8) is 0 Å². The number of aromatic nitrogens is 4. The van der Waals surface area contributed by atoms with Crippen LogP contribution in [-0.2, 0) is 11.3 Å². The van der Waals surface area contributed by atoms with E-state index in [9.17, 15) is 4.79 Å². The first-order chi connectivity index (χ1) is 16.2. The van der Waals surface area contributed by atoms with Gasteiger partial charge in [0.05, 0.1) is 5.52 Å². The van der Waals surface area contributed by atoms with Crippen molar-refractivity contribution in [2.24, 2.45) is 0 Å². The number of thioether (sulfide) groups is 1. The normalized spacial score (nSPS) is 13.9. The Bertz CT molecular complexity index is 1270. The predicted molar refractivity (Wildman–Crippen MR) is 136 cm³/mol. The van der Waals surface area contributed by atoms with E-state index in [0.29, 0.717) is 17.5 Å². The maximum atomic E-state index is 12.2. The number of halogens is 1. The van der Waals surface area contributed by atoms with Crippen LogP contribution in [0.5, 0.6) is 0 Å². The smallest absolute Gasteiger partial charge is 0.222 e. The van der Waals surface area contributed by atoms with E-state index in [1.807, 2.05) is 17.0 Å². The van der Waals surface area contributed by atoms with Crippen LogP contribution in [0.25, 0.3) is 22.1 Å². The lowest BCUT2D eigenvalue weighted by atomic mass is 10.2. The SMILES string of the molecule is O=C(CCCCSc1nnc2c3ccccc3n(Cc3ccc(Br)cc3)c2n1)N1CCCC1. The lowest BCUT2D eigenvalue weighted by Crippen LogP contribution is -2.27. The highest BCUT2D eigenvalue weighted by molar-refractivity contribution is 9.10. The molecule has 0 unspecified atom stereocenters. The molecule has 1 aliphatic heterocycles. The van der Waals surface area contributed by atoms with Crippen LogP contribution < -0.4 is 0 Å². The molecule has 0 bridgehead atoms. The lowest BCUT2D eigenvalue weighted by molar-refractivity contribution is -0.130. The summed E-state index contributed by atoms with van der Waals surface area (Å²) in [6.45, 7) is 2.58. The monoisotopic (exact) mass is 523 g/mol. The van der Waals surface area contributed by atoms with Crippen LogP contribution in [0, 0.1) is 0 Å². The number of carbonyl (C=O) groups excluding carboxylic acids is 1. The Kier molecular flexibility index (Phi) is 6.92. The average Bonchev–Trinajstić information content (AvgIpc) is 3.48. The van der Waals surface area contributed by atoms with Gasteiger partial charge >= 0.3 is 0 Å².